The van der Waals surface area contributed by atoms with E-state index in [0.717, 1.165) is 30.0 Å². The molecular formula is C13H19ClN4. The number of alkyl halides is 1. The van der Waals surface area contributed by atoms with Crippen LogP contribution in [-0.4, -0.2) is 46.0 Å². The van der Waals surface area contributed by atoms with Crippen LogP contribution in [-0.2, 0) is 6.42 Å². The average Bonchev–Trinajstić information content (AvgIpc) is 2.66. The summed E-state index contributed by atoms with van der Waals surface area (Å²) in [6.45, 7) is 3.14. The highest BCUT2D eigenvalue weighted by Crippen LogP contribution is 2.20. The highest BCUT2D eigenvalue weighted by molar-refractivity contribution is 6.17. The highest BCUT2D eigenvalue weighted by Gasteiger charge is 2.16. The standard InChI is InChI=1S/C13H19ClN4/c1-10(9-17(2)3)18-12(6-7-14)16-11-5-4-8-15-13(11)18/h4-5,8,10H,6-7,9H2,1-3H3. The Morgan fingerprint density at radius 2 is 2.22 bits per heavy atom. The molecule has 0 saturated heterocycles. The molecule has 2 heterocycles. The van der Waals surface area contributed by atoms with Crippen molar-refractivity contribution in [2.45, 2.75) is 19.4 Å². The second-order valence-electron chi connectivity index (χ2n) is 4.79. The Bertz CT molecular complexity index is 521. The minimum absolute atomic E-state index is 0.332. The molecule has 1 unspecified atom stereocenters. The van der Waals surface area contributed by atoms with Crippen molar-refractivity contribution in [3.8, 4) is 0 Å². The van der Waals surface area contributed by atoms with E-state index in [9.17, 15) is 0 Å². The Balaban J connectivity index is 2.47. The number of aromatic nitrogens is 3. The lowest BCUT2D eigenvalue weighted by Gasteiger charge is -2.20. The molecule has 0 saturated carbocycles. The topological polar surface area (TPSA) is 34.0 Å². The Morgan fingerprint density at radius 3 is 2.89 bits per heavy atom. The number of fused-ring (bicyclic) bond motifs is 1. The maximum Gasteiger partial charge on any atom is 0.160 e. The summed E-state index contributed by atoms with van der Waals surface area (Å²) in [6, 6.07) is 4.25. The van der Waals surface area contributed by atoms with Gasteiger partial charge in [-0.15, -0.1) is 11.6 Å². The number of halogens is 1. The number of aryl methyl sites for hydroxylation is 1. The fraction of sp³-hybridized carbons (Fsp3) is 0.538. The van der Waals surface area contributed by atoms with Gasteiger partial charge >= 0.3 is 0 Å². The zero-order valence-electron chi connectivity index (χ0n) is 11.1. The molecular weight excluding hydrogens is 248 g/mol. The van der Waals surface area contributed by atoms with E-state index in [1.165, 1.54) is 0 Å². The van der Waals surface area contributed by atoms with Crippen molar-refractivity contribution in [2.24, 2.45) is 0 Å². The molecule has 18 heavy (non-hydrogen) atoms. The van der Waals surface area contributed by atoms with Crippen molar-refractivity contribution in [1.29, 1.82) is 0 Å². The Labute approximate surface area is 113 Å². The van der Waals surface area contributed by atoms with Crippen molar-refractivity contribution in [3.63, 3.8) is 0 Å². The van der Waals surface area contributed by atoms with Gasteiger partial charge in [-0.25, -0.2) is 9.97 Å². The summed E-state index contributed by atoms with van der Waals surface area (Å²) < 4.78 is 2.21. The third-order valence-corrected chi connectivity index (χ3v) is 3.10. The van der Waals surface area contributed by atoms with Gasteiger partial charge in [0.15, 0.2) is 5.65 Å². The van der Waals surface area contributed by atoms with E-state index in [4.69, 9.17) is 11.6 Å². The molecule has 0 aliphatic heterocycles. The van der Waals surface area contributed by atoms with E-state index in [1.54, 1.807) is 0 Å². The molecule has 1 atom stereocenters. The van der Waals surface area contributed by atoms with Gasteiger partial charge in [-0.05, 0) is 33.2 Å². The van der Waals surface area contributed by atoms with Crippen LogP contribution in [0.5, 0.6) is 0 Å². The van der Waals surface area contributed by atoms with Crippen LogP contribution >= 0.6 is 11.6 Å². The third-order valence-electron chi connectivity index (χ3n) is 2.91. The summed E-state index contributed by atoms with van der Waals surface area (Å²) in [5.74, 6) is 1.60. The van der Waals surface area contributed by atoms with Crippen molar-refractivity contribution in [3.05, 3.63) is 24.2 Å². The summed E-state index contributed by atoms with van der Waals surface area (Å²) in [5.41, 5.74) is 1.90. The van der Waals surface area contributed by atoms with Crippen LogP contribution in [0.25, 0.3) is 11.2 Å². The van der Waals surface area contributed by atoms with Crippen LogP contribution in [0.3, 0.4) is 0 Å². The number of hydrogen-bond acceptors (Lipinski definition) is 3. The molecule has 0 N–H and O–H groups in total. The number of rotatable bonds is 5. The van der Waals surface area contributed by atoms with Gasteiger partial charge < -0.3 is 9.47 Å². The van der Waals surface area contributed by atoms with Gasteiger partial charge in [0, 0.05) is 31.1 Å². The Morgan fingerprint density at radius 1 is 1.44 bits per heavy atom. The quantitative estimate of drug-likeness (QED) is 0.779. The summed E-state index contributed by atoms with van der Waals surface area (Å²) in [4.78, 5) is 11.3. The van der Waals surface area contributed by atoms with E-state index in [2.05, 4.69) is 40.5 Å². The Kier molecular flexibility index (Phi) is 4.19. The van der Waals surface area contributed by atoms with E-state index in [-0.39, 0.29) is 0 Å². The number of pyridine rings is 1. The second-order valence-corrected chi connectivity index (χ2v) is 5.17. The zero-order valence-corrected chi connectivity index (χ0v) is 11.9. The minimum Gasteiger partial charge on any atom is -0.309 e. The summed E-state index contributed by atoms with van der Waals surface area (Å²) in [6.07, 6.45) is 2.59. The molecule has 0 aliphatic rings. The lowest BCUT2D eigenvalue weighted by molar-refractivity contribution is 0.336. The SMILES string of the molecule is CC(CN(C)C)n1c(CCCl)nc2cccnc21. The van der Waals surface area contributed by atoms with Crippen LogP contribution < -0.4 is 0 Å². The number of imidazole rings is 1. The fourth-order valence-corrected chi connectivity index (χ4v) is 2.48. The average molecular weight is 267 g/mol. The number of nitrogens with zero attached hydrogens (tertiary/aromatic N) is 4. The fourth-order valence-electron chi connectivity index (χ4n) is 2.31. The molecule has 2 rings (SSSR count). The molecule has 5 heteroatoms. The summed E-state index contributed by atoms with van der Waals surface area (Å²) >= 11 is 5.86. The van der Waals surface area contributed by atoms with Gasteiger partial charge in [0.2, 0.25) is 0 Å². The first-order chi connectivity index (χ1) is 8.63. The van der Waals surface area contributed by atoms with Gasteiger partial charge in [0.05, 0.1) is 0 Å². The van der Waals surface area contributed by atoms with E-state index >= 15 is 0 Å². The molecule has 2 aromatic rings. The lowest BCUT2D eigenvalue weighted by Crippen LogP contribution is -2.24. The zero-order chi connectivity index (χ0) is 13.1. The minimum atomic E-state index is 0.332. The van der Waals surface area contributed by atoms with E-state index in [0.29, 0.717) is 11.9 Å². The van der Waals surface area contributed by atoms with Crippen LogP contribution in [0.4, 0.5) is 0 Å². The molecule has 0 fully saturated rings. The largest absolute Gasteiger partial charge is 0.309 e. The first kappa shape index (κ1) is 13.3. The Hall–Kier alpha value is -1.13. The van der Waals surface area contributed by atoms with Crippen LogP contribution in [0, 0.1) is 0 Å². The monoisotopic (exact) mass is 266 g/mol. The maximum absolute atomic E-state index is 5.86. The molecule has 0 bridgehead atoms. The molecule has 0 aliphatic carbocycles. The van der Waals surface area contributed by atoms with Crippen LogP contribution in [0.2, 0.25) is 0 Å². The first-order valence-electron chi connectivity index (χ1n) is 6.16. The number of likely N-dealkylation sites (N-methyl/N-ethyl adjacent to an activating group) is 1. The van der Waals surface area contributed by atoms with Gasteiger partial charge in [-0.3, -0.25) is 0 Å². The van der Waals surface area contributed by atoms with E-state index < -0.39 is 0 Å². The van der Waals surface area contributed by atoms with Crippen molar-refractivity contribution in [1.82, 2.24) is 19.4 Å². The molecule has 0 amide bonds. The lowest BCUT2D eigenvalue weighted by atomic mass is 10.3. The second kappa shape index (κ2) is 5.67. The predicted molar refractivity (Wildman–Crippen MR) is 75.2 cm³/mol. The van der Waals surface area contributed by atoms with Crippen molar-refractivity contribution < 1.29 is 0 Å². The van der Waals surface area contributed by atoms with Gasteiger partial charge in [-0.1, -0.05) is 0 Å². The smallest absolute Gasteiger partial charge is 0.160 e. The maximum atomic E-state index is 5.86. The van der Waals surface area contributed by atoms with Crippen molar-refractivity contribution in [2.75, 3.05) is 26.5 Å². The van der Waals surface area contributed by atoms with Crippen molar-refractivity contribution >= 4 is 22.8 Å². The molecule has 0 spiro atoms. The third kappa shape index (κ3) is 2.65. The van der Waals surface area contributed by atoms with Gasteiger partial charge in [0.25, 0.3) is 0 Å². The molecule has 4 nitrogen and oxygen atoms in total. The molecule has 0 radical (unpaired) electrons. The van der Waals surface area contributed by atoms with Gasteiger partial charge in [-0.2, -0.15) is 0 Å². The highest BCUT2D eigenvalue weighted by atomic mass is 35.5. The first-order valence-corrected chi connectivity index (χ1v) is 6.69. The molecule has 2 aromatic heterocycles. The van der Waals surface area contributed by atoms with Gasteiger partial charge in [0.1, 0.15) is 11.3 Å². The predicted octanol–water partition coefficient (Wildman–Crippen LogP) is 2.34. The number of hydrogen-bond donors (Lipinski definition) is 0. The molecule has 0 aromatic carbocycles. The summed E-state index contributed by atoms with van der Waals surface area (Å²) in [7, 11) is 4.15. The van der Waals surface area contributed by atoms with Crippen LogP contribution in [0.15, 0.2) is 18.3 Å². The van der Waals surface area contributed by atoms with E-state index in [1.807, 2.05) is 18.3 Å². The summed E-state index contributed by atoms with van der Waals surface area (Å²) in [5, 5.41) is 0. The van der Waals surface area contributed by atoms with Crippen LogP contribution in [0.1, 0.15) is 18.8 Å². The normalized spacial score (nSPS) is 13.4. The molecule has 98 valence electrons.